The van der Waals surface area contributed by atoms with Crippen LogP contribution in [0.2, 0.25) is 0 Å². The predicted molar refractivity (Wildman–Crippen MR) is 65.2 cm³/mol. The average Bonchev–Trinajstić information content (AvgIpc) is 2.71. The Labute approximate surface area is 100 Å². The van der Waals surface area contributed by atoms with E-state index in [9.17, 15) is 4.39 Å². The summed E-state index contributed by atoms with van der Waals surface area (Å²) >= 11 is 0. The molecule has 0 radical (unpaired) electrons. The number of rotatable bonds is 3. The first-order valence-electron chi connectivity index (χ1n) is 5.54. The maximum absolute atomic E-state index is 13.5. The first-order valence-corrected chi connectivity index (χ1v) is 5.54. The summed E-state index contributed by atoms with van der Waals surface area (Å²) in [7, 11) is 3.71. The van der Waals surface area contributed by atoms with Crippen LogP contribution in [0.5, 0.6) is 0 Å². The second kappa shape index (κ2) is 4.67. The van der Waals surface area contributed by atoms with Gasteiger partial charge in [0.15, 0.2) is 0 Å². The summed E-state index contributed by atoms with van der Waals surface area (Å²) in [5.41, 5.74) is 2.43. The van der Waals surface area contributed by atoms with Crippen molar-refractivity contribution < 1.29 is 4.39 Å². The van der Waals surface area contributed by atoms with Gasteiger partial charge in [0.1, 0.15) is 5.82 Å². The van der Waals surface area contributed by atoms with E-state index in [0.717, 1.165) is 11.3 Å². The molecule has 0 bridgehead atoms. The van der Waals surface area contributed by atoms with Crippen LogP contribution in [0.3, 0.4) is 0 Å². The molecule has 1 atom stereocenters. The number of hydrogen-bond acceptors (Lipinski definition) is 2. The van der Waals surface area contributed by atoms with E-state index in [4.69, 9.17) is 0 Å². The van der Waals surface area contributed by atoms with Crippen molar-refractivity contribution in [2.24, 2.45) is 7.05 Å². The van der Waals surface area contributed by atoms with E-state index >= 15 is 0 Å². The first-order chi connectivity index (χ1) is 8.11. The van der Waals surface area contributed by atoms with Gasteiger partial charge in [0, 0.05) is 13.2 Å². The van der Waals surface area contributed by atoms with E-state index in [0.29, 0.717) is 5.56 Å². The summed E-state index contributed by atoms with van der Waals surface area (Å²) in [5.74, 6) is -0.182. The lowest BCUT2D eigenvalue weighted by Crippen LogP contribution is -2.18. The highest BCUT2D eigenvalue weighted by Crippen LogP contribution is 2.21. The molecule has 0 aliphatic rings. The van der Waals surface area contributed by atoms with Gasteiger partial charge < -0.3 is 5.32 Å². The van der Waals surface area contributed by atoms with Crippen LogP contribution in [0.4, 0.5) is 4.39 Å². The van der Waals surface area contributed by atoms with Gasteiger partial charge in [-0.15, -0.1) is 0 Å². The second-order valence-corrected chi connectivity index (χ2v) is 4.14. The Morgan fingerprint density at radius 3 is 2.65 bits per heavy atom. The minimum atomic E-state index is -0.182. The third-order valence-corrected chi connectivity index (χ3v) is 2.85. The van der Waals surface area contributed by atoms with E-state index in [1.54, 1.807) is 23.7 Å². The molecule has 0 aliphatic carbocycles. The summed E-state index contributed by atoms with van der Waals surface area (Å²) in [5, 5.41) is 7.49. The first kappa shape index (κ1) is 11.8. The van der Waals surface area contributed by atoms with Crippen LogP contribution in [0, 0.1) is 12.7 Å². The fourth-order valence-corrected chi connectivity index (χ4v) is 1.86. The van der Waals surface area contributed by atoms with Crippen LogP contribution in [-0.2, 0) is 7.05 Å². The second-order valence-electron chi connectivity index (χ2n) is 4.14. The van der Waals surface area contributed by atoms with E-state index in [2.05, 4.69) is 10.4 Å². The number of nitrogens with zero attached hydrogens (tertiary/aromatic N) is 2. The van der Waals surface area contributed by atoms with Gasteiger partial charge in [-0.3, -0.25) is 4.68 Å². The molecule has 2 rings (SSSR count). The molecule has 2 aromatic rings. The predicted octanol–water partition coefficient (Wildman–Crippen LogP) is 2.18. The number of halogens is 1. The van der Waals surface area contributed by atoms with Gasteiger partial charge in [-0.2, -0.15) is 5.10 Å². The van der Waals surface area contributed by atoms with Gasteiger partial charge in [-0.25, -0.2) is 4.39 Å². The Morgan fingerprint density at radius 1 is 1.35 bits per heavy atom. The van der Waals surface area contributed by atoms with Crippen molar-refractivity contribution >= 4 is 0 Å². The van der Waals surface area contributed by atoms with Gasteiger partial charge in [0.25, 0.3) is 0 Å². The summed E-state index contributed by atoms with van der Waals surface area (Å²) in [6.45, 7) is 1.76. The lowest BCUT2D eigenvalue weighted by atomic mass is 10.0. The van der Waals surface area contributed by atoms with Crippen molar-refractivity contribution in [1.29, 1.82) is 0 Å². The van der Waals surface area contributed by atoms with Crippen molar-refractivity contribution in [3.05, 3.63) is 53.1 Å². The molecule has 0 saturated heterocycles. The number of aromatic nitrogens is 2. The van der Waals surface area contributed by atoms with Gasteiger partial charge in [0.2, 0.25) is 0 Å². The maximum Gasteiger partial charge on any atom is 0.126 e. The van der Waals surface area contributed by atoms with Crippen LogP contribution in [0.1, 0.15) is 22.9 Å². The highest BCUT2D eigenvalue weighted by molar-refractivity contribution is 5.30. The topological polar surface area (TPSA) is 29.9 Å². The molecule has 1 unspecified atom stereocenters. The van der Waals surface area contributed by atoms with Gasteiger partial charge in [0.05, 0.1) is 11.7 Å². The maximum atomic E-state index is 13.5. The SMILES string of the molecule is CNC(c1ccc(C)c(F)c1)c1ccn(C)n1. The molecule has 17 heavy (non-hydrogen) atoms. The van der Waals surface area contributed by atoms with E-state index in [1.807, 2.05) is 32.4 Å². The smallest absolute Gasteiger partial charge is 0.126 e. The van der Waals surface area contributed by atoms with Crippen molar-refractivity contribution in [3.8, 4) is 0 Å². The van der Waals surface area contributed by atoms with Crippen molar-refractivity contribution in [1.82, 2.24) is 15.1 Å². The van der Waals surface area contributed by atoms with Crippen molar-refractivity contribution in [2.45, 2.75) is 13.0 Å². The Bertz CT molecular complexity index is 519. The minimum absolute atomic E-state index is 0.0775. The van der Waals surface area contributed by atoms with Crippen LogP contribution in [-0.4, -0.2) is 16.8 Å². The molecule has 90 valence electrons. The summed E-state index contributed by atoms with van der Waals surface area (Å²) in [6.07, 6.45) is 1.88. The summed E-state index contributed by atoms with van der Waals surface area (Å²) < 4.78 is 15.3. The van der Waals surface area contributed by atoms with E-state index in [-0.39, 0.29) is 11.9 Å². The van der Waals surface area contributed by atoms with Gasteiger partial charge in [-0.1, -0.05) is 12.1 Å². The molecule has 3 nitrogen and oxygen atoms in total. The van der Waals surface area contributed by atoms with E-state index < -0.39 is 0 Å². The summed E-state index contributed by atoms with van der Waals surface area (Å²) in [4.78, 5) is 0. The molecule has 0 amide bonds. The molecule has 1 aromatic carbocycles. The zero-order valence-electron chi connectivity index (χ0n) is 10.2. The fourth-order valence-electron chi connectivity index (χ4n) is 1.86. The molecule has 4 heteroatoms. The zero-order valence-corrected chi connectivity index (χ0v) is 10.2. The largest absolute Gasteiger partial charge is 0.308 e. The minimum Gasteiger partial charge on any atom is -0.308 e. The molecule has 0 fully saturated rings. The molecule has 0 spiro atoms. The van der Waals surface area contributed by atoms with Crippen LogP contribution >= 0.6 is 0 Å². The van der Waals surface area contributed by atoms with E-state index in [1.165, 1.54) is 0 Å². The third-order valence-electron chi connectivity index (χ3n) is 2.85. The summed E-state index contributed by atoms with van der Waals surface area (Å²) in [6, 6.07) is 7.13. The molecule has 1 N–H and O–H groups in total. The lowest BCUT2D eigenvalue weighted by molar-refractivity contribution is 0.602. The number of aryl methyl sites for hydroxylation is 2. The van der Waals surface area contributed by atoms with Crippen molar-refractivity contribution in [3.63, 3.8) is 0 Å². The number of nitrogens with one attached hydrogen (secondary N) is 1. The Kier molecular flexibility index (Phi) is 3.24. The highest BCUT2D eigenvalue weighted by Gasteiger charge is 2.15. The van der Waals surface area contributed by atoms with Crippen LogP contribution < -0.4 is 5.32 Å². The lowest BCUT2D eigenvalue weighted by Gasteiger charge is -2.14. The standard InChI is InChI=1S/C13H16FN3/c1-9-4-5-10(8-11(9)14)13(15-2)12-6-7-17(3)16-12/h4-8,13,15H,1-3H3. The Balaban J connectivity index is 2.38. The third kappa shape index (κ3) is 2.36. The Hall–Kier alpha value is -1.68. The molecule has 1 heterocycles. The molecule has 1 aromatic heterocycles. The fraction of sp³-hybridized carbons (Fsp3) is 0.308. The zero-order chi connectivity index (χ0) is 12.4. The molecular formula is C13H16FN3. The van der Waals surface area contributed by atoms with Gasteiger partial charge in [-0.05, 0) is 37.2 Å². The Morgan fingerprint density at radius 2 is 2.12 bits per heavy atom. The average molecular weight is 233 g/mol. The molecule has 0 aliphatic heterocycles. The number of benzene rings is 1. The molecular weight excluding hydrogens is 217 g/mol. The van der Waals surface area contributed by atoms with Crippen LogP contribution in [0.15, 0.2) is 30.5 Å². The molecule has 0 saturated carbocycles. The number of hydrogen-bond donors (Lipinski definition) is 1. The van der Waals surface area contributed by atoms with Gasteiger partial charge >= 0.3 is 0 Å². The quantitative estimate of drug-likeness (QED) is 0.880. The monoisotopic (exact) mass is 233 g/mol. The van der Waals surface area contributed by atoms with Crippen molar-refractivity contribution in [2.75, 3.05) is 7.05 Å². The normalized spacial score (nSPS) is 12.7. The highest BCUT2D eigenvalue weighted by atomic mass is 19.1. The van der Waals surface area contributed by atoms with Crippen LogP contribution in [0.25, 0.3) is 0 Å².